The first-order chi connectivity index (χ1) is 10.7. The highest BCUT2D eigenvalue weighted by atomic mass is 16.5. The number of pyridine rings is 1. The van der Waals surface area contributed by atoms with E-state index in [1.165, 1.54) is 6.42 Å². The lowest BCUT2D eigenvalue weighted by molar-refractivity contribution is 0.0911. The summed E-state index contributed by atoms with van der Waals surface area (Å²) in [6.07, 6.45) is 7.81. The molecule has 6 heteroatoms. The molecule has 0 saturated heterocycles. The molecule has 1 amide bonds. The Balaban J connectivity index is 1.85. The highest BCUT2D eigenvalue weighted by molar-refractivity contribution is 6.03. The van der Waals surface area contributed by atoms with Crippen molar-refractivity contribution in [3.8, 4) is 11.3 Å². The van der Waals surface area contributed by atoms with E-state index in [0.717, 1.165) is 19.3 Å². The third-order valence-corrected chi connectivity index (χ3v) is 4.31. The van der Waals surface area contributed by atoms with Crippen molar-refractivity contribution in [2.45, 2.75) is 38.6 Å². The van der Waals surface area contributed by atoms with Gasteiger partial charge in [-0.05, 0) is 30.9 Å². The molecule has 2 aromatic heterocycles. The monoisotopic (exact) mass is 300 g/mol. The number of rotatable bonds is 3. The van der Waals surface area contributed by atoms with E-state index in [-0.39, 0.29) is 17.8 Å². The molecule has 0 bridgehead atoms. The van der Waals surface area contributed by atoms with Gasteiger partial charge in [-0.15, -0.1) is 0 Å². The van der Waals surface area contributed by atoms with Gasteiger partial charge in [0.05, 0.1) is 0 Å². The smallest absolute Gasteiger partial charge is 0.259 e. The number of carbonyl (C=O) groups excluding carboxylic acids is 1. The summed E-state index contributed by atoms with van der Waals surface area (Å²) in [5.74, 6) is 0.289. The zero-order valence-electron chi connectivity index (χ0n) is 12.6. The number of aromatic nitrogens is 2. The number of anilines is 1. The highest BCUT2D eigenvalue weighted by Crippen LogP contribution is 2.28. The van der Waals surface area contributed by atoms with Crippen molar-refractivity contribution >= 4 is 11.8 Å². The number of carbonyl (C=O) groups is 1. The fourth-order valence-corrected chi connectivity index (χ4v) is 2.99. The van der Waals surface area contributed by atoms with Crippen LogP contribution in [0.4, 0.5) is 5.88 Å². The molecule has 0 aliphatic heterocycles. The topological polar surface area (TPSA) is 94.0 Å². The van der Waals surface area contributed by atoms with E-state index in [9.17, 15) is 4.79 Å². The first kappa shape index (κ1) is 14.6. The van der Waals surface area contributed by atoms with E-state index >= 15 is 0 Å². The van der Waals surface area contributed by atoms with Gasteiger partial charge in [-0.3, -0.25) is 9.78 Å². The molecule has 1 aliphatic rings. The van der Waals surface area contributed by atoms with E-state index in [1.54, 1.807) is 18.5 Å². The van der Waals surface area contributed by atoms with Crippen LogP contribution in [0.1, 0.15) is 43.0 Å². The second-order valence-corrected chi connectivity index (χ2v) is 5.85. The average molecular weight is 300 g/mol. The molecule has 2 unspecified atom stereocenters. The van der Waals surface area contributed by atoms with Crippen LogP contribution < -0.4 is 11.1 Å². The van der Waals surface area contributed by atoms with Crippen molar-refractivity contribution in [3.63, 3.8) is 0 Å². The summed E-state index contributed by atoms with van der Waals surface area (Å²) >= 11 is 0. The Morgan fingerprint density at radius 3 is 2.95 bits per heavy atom. The molecule has 3 N–H and O–H groups in total. The maximum atomic E-state index is 12.6. The SMILES string of the molecule is CC1CCCCC1NC(=O)c1c(-c2cccnc2)noc1N. The zero-order chi connectivity index (χ0) is 15.5. The normalized spacial score (nSPS) is 21.5. The summed E-state index contributed by atoms with van der Waals surface area (Å²) in [4.78, 5) is 16.7. The fourth-order valence-electron chi connectivity index (χ4n) is 2.99. The molecule has 22 heavy (non-hydrogen) atoms. The summed E-state index contributed by atoms with van der Waals surface area (Å²) in [5, 5.41) is 7.00. The molecular formula is C16H20N4O2. The molecule has 2 aromatic rings. The quantitative estimate of drug-likeness (QED) is 0.908. The lowest BCUT2D eigenvalue weighted by Gasteiger charge is -2.29. The van der Waals surface area contributed by atoms with Crippen LogP contribution in [0.25, 0.3) is 11.3 Å². The third kappa shape index (κ3) is 2.81. The van der Waals surface area contributed by atoms with Crippen molar-refractivity contribution in [2.24, 2.45) is 5.92 Å². The number of nitrogens with one attached hydrogen (secondary N) is 1. The van der Waals surface area contributed by atoms with Gasteiger partial charge in [0.25, 0.3) is 5.91 Å². The third-order valence-electron chi connectivity index (χ3n) is 4.31. The lowest BCUT2D eigenvalue weighted by Crippen LogP contribution is -2.41. The molecular weight excluding hydrogens is 280 g/mol. The Bertz CT molecular complexity index is 653. The molecule has 0 aromatic carbocycles. The number of hydrogen-bond donors (Lipinski definition) is 2. The first-order valence-electron chi connectivity index (χ1n) is 7.63. The molecule has 0 radical (unpaired) electrons. The van der Waals surface area contributed by atoms with Crippen LogP contribution in [-0.2, 0) is 0 Å². The lowest BCUT2D eigenvalue weighted by atomic mass is 9.86. The standard InChI is InChI=1S/C16H20N4O2/c1-10-5-2-3-7-12(10)19-16(21)13-14(20-22-15(13)17)11-6-4-8-18-9-11/h4,6,8-10,12H,2-3,5,7,17H2,1H3,(H,19,21). The largest absolute Gasteiger partial charge is 0.367 e. The molecule has 2 heterocycles. The maximum absolute atomic E-state index is 12.6. The molecule has 116 valence electrons. The molecule has 1 aliphatic carbocycles. The summed E-state index contributed by atoms with van der Waals surface area (Å²) in [7, 11) is 0. The summed E-state index contributed by atoms with van der Waals surface area (Å²) in [6, 6.07) is 3.78. The van der Waals surface area contributed by atoms with Crippen molar-refractivity contribution in [1.29, 1.82) is 0 Å². The minimum Gasteiger partial charge on any atom is -0.367 e. The van der Waals surface area contributed by atoms with Gasteiger partial charge in [0.1, 0.15) is 11.3 Å². The Morgan fingerprint density at radius 2 is 2.23 bits per heavy atom. The van der Waals surface area contributed by atoms with Gasteiger partial charge >= 0.3 is 0 Å². The van der Waals surface area contributed by atoms with E-state index < -0.39 is 0 Å². The Kier molecular flexibility index (Phi) is 4.09. The minimum atomic E-state index is -0.226. The highest BCUT2D eigenvalue weighted by Gasteiger charge is 2.28. The van der Waals surface area contributed by atoms with Crippen LogP contribution in [0, 0.1) is 5.92 Å². The van der Waals surface area contributed by atoms with Crippen LogP contribution >= 0.6 is 0 Å². The predicted octanol–water partition coefficient (Wildman–Crippen LogP) is 2.63. The number of nitrogens with two attached hydrogens (primary N) is 1. The summed E-state index contributed by atoms with van der Waals surface area (Å²) in [6.45, 7) is 2.17. The van der Waals surface area contributed by atoms with Gasteiger partial charge in [0, 0.05) is 24.0 Å². The second kappa shape index (κ2) is 6.17. The van der Waals surface area contributed by atoms with Crippen LogP contribution in [0.3, 0.4) is 0 Å². The van der Waals surface area contributed by atoms with Crippen molar-refractivity contribution < 1.29 is 9.32 Å². The van der Waals surface area contributed by atoms with Gasteiger partial charge in [-0.25, -0.2) is 0 Å². The van der Waals surface area contributed by atoms with Crippen molar-refractivity contribution in [3.05, 3.63) is 30.1 Å². The van der Waals surface area contributed by atoms with Gasteiger partial charge in [-0.2, -0.15) is 0 Å². The number of amides is 1. The maximum Gasteiger partial charge on any atom is 0.259 e. The van der Waals surface area contributed by atoms with Gasteiger partial charge in [0.2, 0.25) is 5.88 Å². The number of nitrogens with zero attached hydrogens (tertiary/aromatic N) is 2. The Hall–Kier alpha value is -2.37. The van der Waals surface area contributed by atoms with E-state index in [1.807, 2.05) is 6.07 Å². The van der Waals surface area contributed by atoms with Crippen LogP contribution in [0.2, 0.25) is 0 Å². The molecule has 1 fully saturated rings. The molecule has 6 nitrogen and oxygen atoms in total. The van der Waals surface area contributed by atoms with Gasteiger partial charge < -0.3 is 15.6 Å². The molecule has 3 rings (SSSR count). The van der Waals surface area contributed by atoms with Crippen molar-refractivity contribution in [1.82, 2.24) is 15.5 Å². The van der Waals surface area contributed by atoms with Crippen molar-refractivity contribution in [2.75, 3.05) is 5.73 Å². The predicted molar refractivity (Wildman–Crippen MR) is 83.0 cm³/mol. The Labute approximate surface area is 129 Å². The first-order valence-corrected chi connectivity index (χ1v) is 7.63. The Morgan fingerprint density at radius 1 is 1.41 bits per heavy atom. The van der Waals surface area contributed by atoms with Gasteiger partial charge in [-0.1, -0.05) is 24.9 Å². The van der Waals surface area contributed by atoms with E-state index in [4.69, 9.17) is 10.3 Å². The van der Waals surface area contributed by atoms with Crippen LogP contribution in [0.15, 0.2) is 29.0 Å². The molecule has 2 atom stereocenters. The second-order valence-electron chi connectivity index (χ2n) is 5.85. The van der Waals surface area contributed by atoms with Crippen LogP contribution in [-0.4, -0.2) is 22.1 Å². The minimum absolute atomic E-state index is 0.0415. The molecule has 0 spiro atoms. The fraction of sp³-hybridized carbons (Fsp3) is 0.438. The van der Waals surface area contributed by atoms with E-state index in [2.05, 4.69) is 22.4 Å². The number of hydrogen-bond acceptors (Lipinski definition) is 5. The summed E-state index contributed by atoms with van der Waals surface area (Å²) in [5.41, 5.74) is 7.26. The molecule has 1 saturated carbocycles. The van der Waals surface area contributed by atoms with Crippen LogP contribution in [0.5, 0.6) is 0 Å². The number of nitrogen functional groups attached to an aromatic ring is 1. The van der Waals surface area contributed by atoms with E-state index in [0.29, 0.717) is 22.7 Å². The zero-order valence-corrected chi connectivity index (χ0v) is 12.6. The summed E-state index contributed by atoms with van der Waals surface area (Å²) < 4.78 is 5.03. The van der Waals surface area contributed by atoms with Gasteiger partial charge in [0.15, 0.2) is 0 Å². The average Bonchev–Trinajstić information content (AvgIpc) is 2.92.